The van der Waals surface area contributed by atoms with Crippen molar-refractivity contribution in [2.75, 3.05) is 19.6 Å². The van der Waals surface area contributed by atoms with Crippen molar-refractivity contribution in [3.05, 3.63) is 35.6 Å². The van der Waals surface area contributed by atoms with Crippen LogP contribution in [0.4, 0.5) is 9.18 Å². The summed E-state index contributed by atoms with van der Waals surface area (Å²) in [6.45, 7) is 10.7. The first kappa shape index (κ1) is 21.9. The van der Waals surface area contributed by atoms with Crippen molar-refractivity contribution in [2.24, 2.45) is 11.8 Å². The summed E-state index contributed by atoms with van der Waals surface area (Å²) in [5, 5.41) is 2.72. The molecule has 1 aliphatic rings. The van der Waals surface area contributed by atoms with Crippen LogP contribution < -0.4 is 5.32 Å². The number of hydrogen-bond acceptors (Lipinski definition) is 3. The summed E-state index contributed by atoms with van der Waals surface area (Å²) in [6, 6.07) is 4.90. The van der Waals surface area contributed by atoms with Crippen molar-refractivity contribution in [2.45, 2.75) is 46.6 Å². The fourth-order valence-corrected chi connectivity index (χ4v) is 3.54. The van der Waals surface area contributed by atoms with Crippen LogP contribution in [-0.2, 0) is 15.1 Å². The number of hydrogen-bond donors (Lipinski definition) is 1. The summed E-state index contributed by atoms with van der Waals surface area (Å²) in [5.74, 6) is -0.595. The van der Waals surface area contributed by atoms with Crippen LogP contribution in [0, 0.1) is 17.7 Å². The molecule has 0 saturated carbocycles. The fraction of sp³-hybridized carbons (Fsp3) is 0.571. The summed E-state index contributed by atoms with van der Waals surface area (Å²) < 4.78 is 13.3. The van der Waals surface area contributed by atoms with Crippen LogP contribution >= 0.6 is 0 Å². The van der Waals surface area contributed by atoms with Crippen molar-refractivity contribution in [3.8, 4) is 0 Å². The van der Waals surface area contributed by atoms with Gasteiger partial charge in [-0.15, -0.1) is 0 Å². The Morgan fingerprint density at radius 2 is 1.64 bits per heavy atom. The molecule has 0 spiro atoms. The molecule has 1 atom stereocenters. The quantitative estimate of drug-likeness (QED) is 0.692. The molecule has 7 heteroatoms. The number of nitrogens with zero attached hydrogens (tertiary/aromatic N) is 2. The highest BCUT2D eigenvalue weighted by atomic mass is 19.1. The SMILES string of the molecule is CCC1(c2ccc(F)cc2)NC(=O)N(CC(=O)N(CC(C)C)CC(C)C)C1=O. The molecule has 0 aliphatic carbocycles. The maximum Gasteiger partial charge on any atom is 0.325 e. The molecular weight excluding hydrogens is 361 g/mol. The molecule has 0 radical (unpaired) electrons. The van der Waals surface area contributed by atoms with Gasteiger partial charge in [0.15, 0.2) is 0 Å². The van der Waals surface area contributed by atoms with E-state index < -0.39 is 23.3 Å². The molecule has 1 N–H and O–H groups in total. The summed E-state index contributed by atoms with van der Waals surface area (Å²) in [7, 11) is 0. The molecule has 1 aromatic rings. The maximum atomic E-state index is 13.3. The summed E-state index contributed by atoms with van der Waals surface area (Å²) in [5.41, 5.74) is -0.766. The number of nitrogens with one attached hydrogen (secondary N) is 1. The van der Waals surface area contributed by atoms with Crippen LogP contribution in [-0.4, -0.2) is 47.3 Å². The molecule has 2 rings (SSSR count). The molecule has 6 nitrogen and oxygen atoms in total. The Balaban J connectivity index is 2.24. The van der Waals surface area contributed by atoms with Crippen LogP contribution in [0.1, 0.15) is 46.6 Å². The summed E-state index contributed by atoms with van der Waals surface area (Å²) in [6.07, 6.45) is 0.301. The van der Waals surface area contributed by atoms with Gasteiger partial charge in [-0.05, 0) is 36.0 Å². The molecule has 1 aromatic carbocycles. The van der Waals surface area contributed by atoms with Gasteiger partial charge in [-0.3, -0.25) is 14.5 Å². The number of urea groups is 1. The van der Waals surface area contributed by atoms with E-state index in [1.54, 1.807) is 11.8 Å². The van der Waals surface area contributed by atoms with Crippen LogP contribution in [0.25, 0.3) is 0 Å². The lowest BCUT2D eigenvalue weighted by molar-refractivity contribution is -0.139. The Hall–Kier alpha value is -2.44. The Labute approximate surface area is 166 Å². The first-order valence-electron chi connectivity index (χ1n) is 9.78. The maximum absolute atomic E-state index is 13.3. The Morgan fingerprint density at radius 1 is 1.11 bits per heavy atom. The number of amides is 4. The molecule has 1 saturated heterocycles. The highest BCUT2D eigenvalue weighted by Gasteiger charge is 2.51. The minimum atomic E-state index is -1.27. The standard InChI is InChI=1S/C21H30FN3O3/c1-6-21(16-7-9-17(22)10-8-16)19(27)25(20(28)23-21)13-18(26)24(11-14(2)3)12-15(4)5/h7-10,14-15H,6,11-13H2,1-5H3,(H,23,28). The van der Waals surface area contributed by atoms with Gasteiger partial charge in [0.1, 0.15) is 17.9 Å². The van der Waals surface area contributed by atoms with Gasteiger partial charge in [-0.25, -0.2) is 9.18 Å². The lowest BCUT2D eigenvalue weighted by Gasteiger charge is -2.28. The fourth-order valence-electron chi connectivity index (χ4n) is 3.54. The Kier molecular flexibility index (Phi) is 6.80. The van der Waals surface area contributed by atoms with Gasteiger partial charge < -0.3 is 10.2 Å². The van der Waals surface area contributed by atoms with Gasteiger partial charge in [0.25, 0.3) is 5.91 Å². The highest BCUT2D eigenvalue weighted by molar-refractivity contribution is 6.09. The lowest BCUT2D eigenvalue weighted by atomic mass is 9.87. The predicted molar refractivity (Wildman–Crippen MR) is 105 cm³/mol. The zero-order valence-corrected chi connectivity index (χ0v) is 17.3. The van der Waals surface area contributed by atoms with Gasteiger partial charge in [0, 0.05) is 13.1 Å². The molecule has 1 fully saturated rings. The van der Waals surface area contributed by atoms with Crippen molar-refractivity contribution in [1.82, 2.24) is 15.1 Å². The first-order valence-corrected chi connectivity index (χ1v) is 9.78. The van der Waals surface area contributed by atoms with E-state index in [0.29, 0.717) is 25.1 Å². The molecule has 0 bridgehead atoms. The number of benzene rings is 1. The van der Waals surface area contributed by atoms with Gasteiger partial charge in [0.2, 0.25) is 5.91 Å². The third-order valence-electron chi connectivity index (χ3n) is 4.86. The van der Waals surface area contributed by atoms with Gasteiger partial charge in [0.05, 0.1) is 0 Å². The van der Waals surface area contributed by atoms with E-state index in [1.165, 1.54) is 24.3 Å². The number of imide groups is 1. The van der Waals surface area contributed by atoms with Crippen molar-refractivity contribution in [3.63, 3.8) is 0 Å². The van der Waals surface area contributed by atoms with Crippen molar-refractivity contribution >= 4 is 17.8 Å². The first-order chi connectivity index (χ1) is 13.1. The van der Waals surface area contributed by atoms with Crippen LogP contribution in [0.5, 0.6) is 0 Å². The molecule has 1 heterocycles. The number of halogens is 1. The topological polar surface area (TPSA) is 69.7 Å². The van der Waals surface area contributed by atoms with E-state index in [1.807, 2.05) is 27.7 Å². The second-order valence-corrected chi connectivity index (χ2v) is 8.17. The van der Waals surface area contributed by atoms with Crippen LogP contribution in [0.3, 0.4) is 0 Å². The summed E-state index contributed by atoms with van der Waals surface area (Å²) >= 11 is 0. The Bertz CT molecular complexity index is 723. The van der Waals surface area contributed by atoms with E-state index in [4.69, 9.17) is 0 Å². The highest BCUT2D eigenvalue weighted by Crippen LogP contribution is 2.32. The van der Waals surface area contributed by atoms with E-state index in [0.717, 1.165) is 4.90 Å². The number of carbonyl (C=O) groups excluding carboxylic acids is 3. The van der Waals surface area contributed by atoms with E-state index in [2.05, 4.69) is 5.32 Å². The lowest BCUT2D eigenvalue weighted by Crippen LogP contribution is -2.47. The smallest absolute Gasteiger partial charge is 0.325 e. The molecule has 1 aliphatic heterocycles. The third-order valence-corrected chi connectivity index (χ3v) is 4.86. The molecule has 4 amide bonds. The third kappa shape index (κ3) is 4.51. The molecule has 154 valence electrons. The molecule has 28 heavy (non-hydrogen) atoms. The van der Waals surface area contributed by atoms with Gasteiger partial charge in [-0.1, -0.05) is 46.8 Å². The van der Waals surface area contributed by atoms with Crippen LogP contribution in [0.2, 0.25) is 0 Å². The van der Waals surface area contributed by atoms with E-state index in [9.17, 15) is 18.8 Å². The monoisotopic (exact) mass is 391 g/mol. The van der Waals surface area contributed by atoms with E-state index in [-0.39, 0.29) is 24.3 Å². The normalized spacial score (nSPS) is 19.5. The largest absolute Gasteiger partial charge is 0.341 e. The number of carbonyl (C=O) groups is 3. The van der Waals surface area contributed by atoms with Crippen LogP contribution in [0.15, 0.2) is 24.3 Å². The van der Waals surface area contributed by atoms with Gasteiger partial charge in [-0.2, -0.15) is 0 Å². The number of rotatable bonds is 8. The molecule has 1 unspecified atom stereocenters. The van der Waals surface area contributed by atoms with Crippen molar-refractivity contribution < 1.29 is 18.8 Å². The van der Waals surface area contributed by atoms with E-state index >= 15 is 0 Å². The minimum absolute atomic E-state index is 0.253. The average molecular weight is 391 g/mol. The second-order valence-electron chi connectivity index (χ2n) is 8.17. The Morgan fingerprint density at radius 3 is 2.11 bits per heavy atom. The van der Waals surface area contributed by atoms with Gasteiger partial charge >= 0.3 is 6.03 Å². The summed E-state index contributed by atoms with van der Waals surface area (Å²) in [4.78, 5) is 41.2. The molecule has 0 aromatic heterocycles. The average Bonchev–Trinajstić information content (AvgIpc) is 2.86. The second kappa shape index (κ2) is 8.71. The molecular formula is C21H30FN3O3. The zero-order valence-electron chi connectivity index (χ0n) is 17.3. The minimum Gasteiger partial charge on any atom is -0.341 e. The van der Waals surface area contributed by atoms with Crippen molar-refractivity contribution in [1.29, 1.82) is 0 Å². The zero-order chi connectivity index (χ0) is 21.1. The predicted octanol–water partition coefficient (Wildman–Crippen LogP) is 3.12.